The highest BCUT2D eigenvalue weighted by molar-refractivity contribution is 6.06. The Morgan fingerprint density at radius 2 is 1.93 bits per heavy atom. The van der Waals surface area contributed by atoms with E-state index in [4.69, 9.17) is 4.74 Å². The van der Waals surface area contributed by atoms with Gasteiger partial charge in [0, 0.05) is 17.7 Å². The first-order valence-electron chi connectivity index (χ1n) is 9.55. The fraction of sp³-hybridized carbons (Fsp3) is 0.286. The van der Waals surface area contributed by atoms with Crippen LogP contribution in [0.3, 0.4) is 0 Å². The molecule has 2 heterocycles. The molecule has 0 bridgehead atoms. The predicted molar refractivity (Wildman–Crippen MR) is 109 cm³/mol. The third-order valence-corrected chi connectivity index (χ3v) is 4.29. The Balaban J connectivity index is 1.60. The van der Waals surface area contributed by atoms with Crippen LogP contribution in [-0.4, -0.2) is 31.9 Å². The van der Waals surface area contributed by atoms with Gasteiger partial charge in [-0.1, -0.05) is 6.07 Å². The van der Waals surface area contributed by atoms with Crippen LogP contribution in [0.25, 0.3) is 0 Å². The minimum atomic E-state index is -0.346. The van der Waals surface area contributed by atoms with Gasteiger partial charge in [0.15, 0.2) is 11.5 Å². The quantitative estimate of drug-likeness (QED) is 0.630. The zero-order valence-corrected chi connectivity index (χ0v) is 16.3. The molecule has 0 aliphatic heterocycles. The number of ether oxygens (including phenoxy) is 1. The van der Waals surface area contributed by atoms with Gasteiger partial charge >= 0.3 is 0 Å². The van der Waals surface area contributed by atoms with E-state index < -0.39 is 0 Å². The average molecular weight is 390 g/mol. The summed E-state index contributed by atoms with van der Waals surface area (Å²) in [6, 6.07) is 7.28. The van der Waals surface area contributed by atoms with Crippen molar-refractivity contribution >= 4 is 23.1 Å². The minimum absolute atomic E-state index is 0.0472. The molecule has 1 aromatic carbocycles. The Morgan fingerprint density at radius 1 is 1.14 bits per heavy atom. The summed E-state index contributed by atoms with van der Waals surface area (Å²) < 4.78 is 5.70. The van der Waals surface area contributed by atoms with Gasteiger partial charge in [-0.25, -0.2) is 19.9 Å². The topological polar surface area (TPSA) is 102 Å². The van der Waals surface area contributed by atoms with Crippen LogP contribution in [0.15, 0.2) is 49.2 Å². The van der Waals surface area contributed by atoms with Crippen LogP contribution >= 0.6 is 0 Å². The monoisotopic (exact) mass is 390 g/mol. The molecule has 0 radical (unpaired) electrons. The maximum Gasteiger partial charge on any atom is 0.278 e. The normalized spacial score (nSPS) is 13.2. The zero-order valence-electron chi connectivity index (χ0n) is 16.3. The second-order valence-corrected chi connectivity index (χ2v) is 7.17. The zero-order chi connectivity index (χ0) is 20.2. The lowest BCUT2D eigenvalue weighted by Gasteiger charge is -2.13. The Morgan fingerprint density at radius 3 is 2.66 bits per heavy atom. The number of nitrogens with zero attached hydrogens (tertiary/aromatic N) is 4. The van der Waals surface area contributed by atoms with Gasteiger partial charge in [-0.15, -0.1) is 0 Å². The van der Waals surface area contributed by atoms with Gasteiger partial charge in [-0.3, -0.25) is 4.79 Å². The lowest BCUT2D eigenvalue weighted by Crippen LogP contribution is -2.18. The van der Waals surface area contributed by atoms with Crippen LogP contribution in [0.2, 0.25) is 0 Å². The second-order valence-electron chi connectivity index (χ2n) is 7.17. The van der Waals surface area contributed by atoms with Crippen molar-refractivity contribution < 1.29 is 9.53 Å². The van der Waals surface area contributed by atoms with Crippen LogP contribution in [0.4, 0.5) is 17.2 Å². The van der Waals surface area contributed by atoms with E-state index in [0.717, 1.165) is 18.5 Å². The summed E-state index contributed by atoms with van der Waals surface area (Å²) in [7, 11) is 0. The SMILES string of the molecule is CC(C)Oc1cccc(NC(=O)c2nc(C3CC3)cnc2Nc2cncnc2)c1. The van der Waals surface area contributed by atoms with E-state index in [1.54, 1.807) is 30.7 Å². The fourth-order valence-electron chi connectivity index (χ4n) is 2.84. The number of amides is 1. The Labute approximate surface area is 168 Å². The highest BCUT2D eigenvalue weighted by atomic mass is 16.5. The molecule has 1 aliphatic carbocycles. The lowest BCUT2D eigenvalue weighted by molar-refractivity contribution is 0.102. The summed E-state index contributed by atoms with van der Waals surface area (Å²) in [6.45, 7) is 3.91. The molecule has 2 aromatic heterocycles. The highest BCUT2D eigenvalue weighted by Crippen LogP contribution is 2.39. The standard InChI is InChI=1S/C21H22N6O2/c1-13(2)29-17-5-3-4-15(8-17)26-21(28)19-20(25-16-9-22-12-23-10-16)24-11-18(27-19)14-6-7-14/h3-5,8-14H,6-7H2,1-2H3,(H,24,25)(H,26,28). The largest absolute Gasteiger partial charge is 0.491 e. The van der Waals surface area contributed by atoms with Crippen molar-refractivity contribution in [1.29, 1.82) is 0 Å². The summed E-state index contributed by atoms with van der Waals surface area (Å²) in [5.74, 6) is 1.08. The van der Waals surface area contributed by atoms with Gasteiger partial charge < -0.3 is 15.4 Å². The summed E-state index contributed by atoms with van der Waals surface area (Å²) >= 11 is 0. The molecule has 0 unspecified atom stereocenters. The van der Waals surface area contributed by atoms with Crippen LogP contribution in [0.5, 0.6) is 5.75 Å². The summed E-state index contributed by atoms with van der Waals surface area (Å²) in [4.78, 5) is 30.0. The predicted octanol–water partition coefficient (Wildman–Crippen LogP) is 3.93. The molecule has 3 aromatic rings. The minimum Gasteiger partial charge on any atom is -0.491 e. The molecule has 8 nitrogen and oxygen atoms in total. The molecule has 148 valence electrons. The van der Waals surface area contributed by atoms with E-state index in [1.807, 2.05) is 26.0 Å². The molecule has 0 saturated heterocycles. The number of carbonyl (C=O) groups is 1. The van der Waals surface area contributed by atoms with Crippen molar-refractivity contribution in [3.63, 3.8) is 0 Å². The molecule has 0 atom stereocenters. The number of rotatable bonds is 7. The number of hydrogen-bond acceptors (Lipinski definition) is 7. The molecule has 29 heavy (non-hydrogen) atoms. The first-order valence-corrected chi connectivity index (χ1v) is 9.55. The van der Waals surface area contributed by atoms with Gasteiger partial charge in [0.25, 0.3) is 5.91 Å². The van der Waals surface area contributed by atoms with Gasteiger partial charge in [0.1, 0.15) is 12.1 Å². The molecular formula is C21H22N6O2. The van der Waals surface area contributed by atoms with E-state index in [2.05, 4.69) is 30.6 Å². The summed E-state index contributed by atoms with van der Waals surface area (Å²) in [6.07, 6.45) is 8.57. The maximum absolute atomic E-state index is 13.0. The molecule has 2 N–H and O–H groups in total. The first kappa shape index (κ1) is 18.8. The molecule has 1 amide bonds. The van der Waals surface area contributed by atoms with E-state index in [9.17, 15) is 4.79 Å². The van der Waals surface area contributed by atoms with Gasteiger partial charge in [-0.05, 0) is 38.8 Å². The van der Waals surface area contributed by atoms with E-state index in [-0.39, 0.29) is 17.7 Å². The number of anilines is 3. The third kappa shape index (κ3) is 4.84. The molecule has 4 rings (SSSR count). The van der Waals surface area contributed by atoms with Crippen molar-refractivity contribution in [3.8, 4) is 5.75 Å². The smallest absolute Gasteiger partial charge is 0.278 e. The molecule has 1 aliphatic rings. The van der Waals surface area contributed by atoms with Crippen molar-refractivity contribution in [2.24, 2.45) is 0 Å². The molecule has 1 fully saturated rings. The fourth-order valence-corrected chi connectivity index (χ4v) is 2.84. The summed E-state index contributed by atoms with van der Waals surface area (Å²) in [5, 5.41) is 5.97. The Bertz CT molecular complexity index is 1010. The number of nitrogens with one attached hydrogen (secondary N) is 2. The van der Waals surface area contributed by atoms with Crippen molar-refractivity contribution in [2.75, 3.05) is 10.6 Å². The maximum atomic E-state index is 13.0. The Hall–Kier alpha value is -3.55. The van der Waals surface area contributed by atoms with Crippen molar-refractivity contribution in [1.82, 2.24) is 19.9 Å². The van der Waals surface area contributed by atoms with Crippen molar-refractivity contribution in [3.05, 3.63) is 60.6 Å². The molecule has 0 spiro atoms. The Kier molecular flexibility index (Phi) is 5.33. The highest BCUT2D eigenvalue weighted by Gasteiger charge is 2.27. The van der Waals surface area contributed by atoms with E-state index in [0.29, 0.717) is 28.9 Å². The number of benzene rings is 1. The van der Waals surface area contributed by atoms with E-state index >= 15 is 0 Å². The van der Waals surface area contributed by atoms with Crippen molar-refractivity contribution in [2.45, 2.75) is 38.7 Å². The second kappa shape index (κ2) is 8.22. The van der Waals surface area contributed by atoms with Gasteiger partial charge in [0.2, 0.25) is 0 Å². The van der Waals surface area contributed by atoms with Crippen LogP contribution in [0, 0.1) is 0 Å². The number of carbonyl (C=O) groups excluding carboxylic acids is 1. The third-order valence-electron chi connectivity index (χ3n) is 4.29. The summed E-state index contributed by atoms with van der Waals surface area (Å²) in [5.41, 5.74) is 2.32. The van der Waals surface area contributed by atoms with Crippen LogP contribution in [-0.2, 0) is 0 Å². The number of hydrogen-bond donors (Lipinski definition) is 2. The molecule has 1 saturated carbocycles. The van der Waals surface area contributed by atoms with Crippen LogP contribution < -0.4 is 15.4 Å². The average Bonchev–Trinajstić information content (AvgIpc) is 3.54. The van der Waals surface area contributed by atoms with E-state index in [1.165, 1.54) is 6.33 Å². The van der Waals surface area contributed by atoms with Gasteiger partial charge in [-0.2, -0.15) is 0 Å². The van der Waals surface area contributed by atoms with Gasteiger partial charge in [0.05, 0.1) is 36.1 Å². The first-order chi connectivity index (χ1) is 14.1. The lowest BCUT2D eigenvalue weighted by atomic mass is 10.2. The molecule has 8 heteroatoms. The van der Waals surface area contributed by atoms with Crippen LogP contribution in [0.1, 0.15) is 48.8 Å². The molecular weight excluding hydrogens is 368 g/mol. The number of aromatic nitrogens is 4.